The van der Waals surface area contributed by atoms with E-state index in [-0.39, 0.29) is 23.6 Å². The van der Waals surface area contributed by atoms with E-state index in [4.69, 9.17) is 27.1 Å². The van der Waals surface area contributed by atoms with Gasteiger partial charge in [-0.15, -0.1) is 0 Å². The van der Waals surface area contributed by atoms with Gasteiger partial charge in [0.05, 0.1) is 25.1 Å². The van der Waals surface area contributed by atoms with E-state index in [0.29, 0.717) is 17.6 Å². The molecule has 2 aromatic rings. The van der Waals surface area contributed by atoms with Gasteiger partial charge in [0.25, 0.3) is 0 Å². The van der Waals surface area contributed by atoms with E-state index in [1.807, 2.05) is 0 Å². The first-order valence-corrected chi connectivity index (χ1v) is 9.27. The van der Waals surface area contributed by atoms with Crippen LogP contribution >= 0.6 is 19.4 Å². The van der Waals surface area contributed by atoms with Gasteiger partial charge in [-0.1, -0.05) is 0 Å². The van der Waals surface area contributed by atoms with Gasteiger partial charge in [0.2, 0.25) is 5.28 Å². The number of phosphoric ester groups is 1. The standard InChI is InChI=1S/C12H15ClN5O6P/c13-11-16-9(14)5-10(17-11)18(3-15-5)6-4-1-12(4,8(20)7(6)19)2-24-25(21,22)23/h3-4,6-8,19-20H,1-2H2,(H2,14,16,17)(H2,21,22,23)/t4-,6?,7?,8?,12+/m1/s1. The zero-order valence-corrected chi connectivity index (χ0v) is 14.2. The molecule has 2 fully saturated rings. The molecule has 0 amide bonds. The fraction of sp³-hybridized carbons (Fsp3) is 0.583. The third-order valence-corrected chi connectivity index (χ3v) is 5.73. The van der Waals surface area contributed by atoms with Crippen LogP contribution in [-0.2, 0) is 9.09 Å². The number of anilines is 1. The SMILES string of the molecule is Nc1nc(Cl)nc2c1ncn2C1C(O)C(O)[C@]2(COP(=O)(O)O)C[C@H]12. The van der Waals surface area contributed by atoms with Crippen molar-refractivity contribution in [1.29, 1.82) is 0 Å². The maximum atomic E-state index is 11.0. The number of aliphatic hydroxyl groups excluding tert-OH is 2. The molecule has 2 aliphatic carbocycles. The van der Waals surface area contributed by atoms with Crippen molar-refractivity contribution in [2.75, 3.05) is 12.3 Å². The molecule has 6 N–H and O–H groups in total. The lowest BCUT2D eigenvalue weighted by Gasteiger charge is -2.24. The van der Waals surface area contributed by atoms with Crippen molar-refractivity contribution in [3.05, 3.63) is 11.6 Å². The van der Waals surface area contributed by atoms with Crippen molar-refractivity contribution < 1.29 is 29.1 Å². The molecule has 0 aliphatic heterocycles. The largest absolute Gasteiger partial charge is 0.469 e. The zero-order valence-electron chi connectivity index (χ0n) is 12.6. The van der Waals surface area contributed by atoms with E-state index in [9.17, 15) is 14.8 Å². The van der Waals surface area contributed by atoms with Gasteiger partial charge in [-0.2, -0.15) is 9.97 Å². The van der Waals surface area contributed by atoms with E-state index in [1.54, 1.807) is 4.57 Å². The molecule has 25 heavy (non-hydrogen) atoms. The predicted molar refractivity (Wildman–Crippen MR) is 84.3 cm³/mol. The maximum Gasteiger partial charge on any atom is 0.469 e. The van der Waals surface area contributed by atoms with Gasteiger partial charge in [-0.05, 0) is 23.9 Å². The summed E-state index contributed by atoms with van der Waals surface area (Å²) in [7, 11) is -4.68. The maximum absolute atomic E-state index is 11.0. The van der Waals surface area contributed by atoms with Gasteiger partial charge >= 0.3 is 7.82 Å². The molecule has 0 spiro atoms. The second kappa shape index (κ2) is 5.34. The Morgan fingerprint density at radius 1 is 1.44 bits per heavy atom. The van der Waals surface area contributed by atoms with Crippen molar-refractivity contribution >= 4 is 36.4 Å². The molecule has 11 nitrogen and oxygen atoms in total. The lowest BCUT2D eigenvalue weighted by Crippen LogP contribution is -2.35. The summed E-state index contributed by atoms with van der Waals surface area (Å²) in [5, 5.41) is 20.8. The van der Waals surface area contributed by atoms with E-state index < -0.39 is 31.5 Å². The molecular formula is C12H15ClN5O6P. The number of nitrogens with zero attached hydrogens (tertiary/aromatic N) is 4. The van der Waals surface area contributed by atoms with Crippen LogP contribution in [0.4, 0.5) is 5.82 Å². The Morgan fingerprint density at radius 2 is 2.16 bits per heavy atom. The second-order valence-corrected chi connectivity index (χ2v) is 8.01. The Bertz CT molecular complexity index is 903. The molecule has 2 aliphatic rings. The molecule has 0 aromatic carbocycles. The van der Waals surface area contributed by atoms with Crippen LogP contribution in [0.1, 0.15) is 12.5 Å². The Morgan fingerprint density at radius 3 is 2.84 bits per heavy atom. The molecule has 0 saturated heterocycles. The quantitative estimate of drug-likeness (QED) is 0.335. The number of hydrogen-bond donors (Lipinski definition) is 5. The van der Waals surface area contributed by atoms with Crippen LogP contribution in [0.15, 0.2) is 6.33 Å². The minimum Gasteiger partial charge on any atom is -0.390 e. The molecule has 0 radical (unpaired) electrons. The Balaban J connectivity index is 1.70. The number of rotatable bonds is 4. The molecule has 136 valence electrons. The highest BCUT2D eigenvalue weighted by Gasteiger charge is 2.72. The highest BCUT2D eigenvalue weighted by molar-refractivity contribution is 7.46. The number of phosphoric acid groups is 1. The highest BCUT2D eigenvalue weighted by atomic mass is 35.5. The fourth-order valence-electron chi connectivity index (χ4n) is 3.86. The minimum atomic E-state index is -4.68. The minimum absolute atomic E-state index is 0.0771. The Hall–Kier alpha value is -1.33. The summed E-state index contributed by atoms with van der Waals surface area (Å²) in [5.74, 6) is -0.176. The third-order valence-electron chi connectivity index (χ3n) is 5.10. The molecule has 3 unspecified atom stereocenters. The van der Waals surface area contributed by atoms with Gasteiger partial charge in [0, 0.05) is 5.41 Å². The first-order chi connectivity index (χ1) is 11.6. The summed E-state index contributed by atoms with van der Waals surface area (Å²) in [4.78, 5) is 29.8. The smallest absolute Gasteiger partial charge is 0.390 e. The molecule has 2 saturated carbocycles. The lowest BCUT2D eigenvalue weighted by molar-refractivity contribution is -0.0297. The summed E-state index contributed by atoms with van der Waals surface area (Å²) < 4.78 is 17.1. The number of halogens is 1. The number of hydrogen-bond acceptors (Lipinski definition) is 8. The van der Waals surface area contributed by atoms with Crippen LogP contribution < -0.4 is 5.73 Å². The average molecular weight is 392 g/mol. The number of aromatic nitrogens is 4. The van der Waals surface area contributed by atoms with Crippen molar-refractivity contribution in [1.82, 2.24) is 19.5 Å². The molecule has 2 heterocycles. The third kappa shape index (κ3) is 2.55. The van der Waals surface area contributed by atoms with E-state index in [0.717, 1.165) is 0 Å². The van der Waals surface area contributed by atoms with E-state index in [2.05, 4.69) is 19.5 Å². The fourth-order valence-corrected chi connectivity index (χ4v) is 4.44. The Labute approximate surface area is 145 Å². The summed E-state index contributed by atoms with van der Waals surface area (Å²) in [6, 6.07) is -0.606. The van der Waals surface area contributed by atoms with Crippen molar-refractivity contribution in [3.8, 4) is 0 Å². The van der Waals surface area contributed by atoms with Gasteiger partial charge in [-0.25, -0.2) is 9.55 Å². The lowest BCUT2D eigenvalue weighted by atomic mass is 10.0. The summed E-state index contributed by atoms with van der Waals surface area (Å²) in [6.45, 7) is -0.360. The average Bonchev–Trinajstić information content (AvgIpc) is 3.01. The van der Waals surface area contributed by atoms with Crippen LogP contribution in [-0.4, -0.2) is 58.3 Å². The van der Waals surface area contributed by atoms with Crippen molar-refractivity contribution in [2.24, 2.45) is 11.3 Å². The first kappa shape index (κ1) is 17.1. The number of imidazole rings is 1. The van der Waals surface area contributed by atoms with Crippen LogP contribution in [0.2, 0.25) is 5.28 Å². The van der Waals surface area contributed by atoms with Crippen LogP contribution in [0.3, 0.4) is 0 Å². The van der Waals surface area contributed by atoms with Crippen molar-refractivity contribution in [2.45, 2.75) is 24.7 Å². The summed E-state index contributed by atoms with van der Waals surface area (Å²) in [5.41, 5.74) is 5.47. The summed E-state index contributed by atoms with van der Waals surface area (Å²) >= 11 is 5.84. The van der Waals surface area contributed by atoms with Gasteiger partial charge < -0.3 is 30.3 Å². The molecular weight excluding hydrogens is 377 g/mol. The zero-order chi connectivity index (χ0) is 18.1. The number of nitrogens with two attached hydrogens (primary N) is 1. The number of nitrogen functional groups attached to an aromatic ring is 1. The summed E-state index contributed by atoms with van der Waals surface area (Å²) in [6.07, 6.45) is -0.540. The van der Waals surface area contributed by atoms with Crippen LogP contribution in [0.25, 0.3) is 11.2 Å². The van der Waals surface area contributed by atoms with Crippen molar-refractivity contribution in [3.63, 3.8) is 0 Å². The molecule has 2 aromatic heterocycles. The topological polar surface area (TPSA) is 177 Å². The molecule has 5 atom stereocenters. The van der Waals surface area contributed by atoms with E-state index >= 15 is 0 Å². The highest BCUT2D eigenvalue weighted by Crippen LogP contribution is 2.68. The predicted octanol–water partition coefficient (Wildman–Crippen LogP) is -0.546. The Kier molecular flexibility index (Phi) is 3.65. The molecule has 13 heteroatoms. The van der Waals surface area contributed by atoms with Crippen LogP contribution in [0.5, 0.6) is 0 Å². The normalized spacial score (nSPS) is 34.4. The number of aliphatic hydroxyl groups is 2. The molecule has 4 rings (SSSR count). The first-order valence-electron chi connectivity index (χ1n) is 7.36. The molecule has 0 bridgehead atoms. The van der Waals surface area contributed by atoms with Gasteiger partial charge in [0.15, 0.2) is 11.5 Å². The van der Waals surface area contributed by atoms with Gasteiger partial charge in [0.1, 0.15) is 11.6 Å². The van der Waals surface area contributed by atoms with Gasteiger partial charge in [-0.3, -0.25) is 4.52 Å². The monoisotopic (exact) mass is 391 g/mol. The number of fused-ring (bicyclic) bond motifs is 2. The van der Waals surface area contributed by atoms with E-state index in [1.165, 1.54) is 6.33 Å². The second-order valence-electron chi connectivity index (χ2n) is 6.44. The van der Waals surface area contributed by atoms with Crippen LogP contribution in [0, 0.1) is 11.3 Å².